The first-order valence-electron chi connectivity index (χ1n) is 6.27. The Bertz CT molecular complexity index is 674. The molecule has 0 radical (unpaired) electrons. The summed E-state index contributed by atoms with van der Waals surface area (Å²) in [7, 11) is 1.55. The number of anilines is 3. The highest BCUT2D eigenvalue weighted by atomic mass is 79.9. The number of ether oxygens (including phenoxy) is 1. The number of carbonyl (C=O) groups excluding carboxylic acids is 1. The van der Waals surface area contributed by atoms with E-state index in [1.807, 2.05) is 19.1 Å². The Labute approximate surface area is 131 Å². The number of hydrogen-bond acceptors (Lipinski definition) is 3. The summed E-state index contributed by atoms with van der Waals surface area (Å²) >= 11 is 3.36. The van der Waals surface area contributed by atoms with Crippen LogP contribution in [-0.2, 0) is 0 Å². The maximum Gasteiger partial charge on any atom is 0.323 e. The molecule has 0 aliphatic heterocycles. The van der Waals surface area contributed by atoms with E-state index in [4.69, 9.17) is 10.5 Å². The second-order valence-electron chi connectivity index (χ2n) is 4.50. The fraction of sp³-hybridized carbons (Fsp3) is 0.133. The third kappa shape index (κ3) is 3.88. The van der Waals surface area contributed by atoms with Crippen molar-refractivity contribution in [2.75, 3.05) is 23.5 Å². The summed E-state index contributed by atoms with van der Waals surface area (Å²) in [6.07, 6.45) is 0. The summed E-state index contributed by atoms with van der Waals surface area (Å²) in [6, 6.07) is 10.4. The van der Waals surface area contributed by atoms with E-state index in [9.17, 15) is 4.79 Å². The summed E-state index contributed by atoms with van der Waals surface area (Å²) in [6.45, 7) is 1.91. The number of urea groups is 1. The van der Waals surface area contributed by atoms with Crippen LogP contribution in [0.2, 0.25) is 0 Å². The molecule has 0 unspecified atom stereocenters. The van der Waals surface area contributed by atoms with Crippen LogP contribution >= 0.6 is 15.9 Å². The minimum absolute atomic E-state index is 0.366. The van der Waals surface area contributed by atoms with E-state index in [2.05, 4.69) is 26.6 Å². The molecule has 0 fully saturated rings. The van der Waals surface area contributed by atoms with Gasteiger partial charge >= 0.3 is 6.03 Å². The molecule has 0 aliphatic carbocycles. The van der Waals surface area contributed by atoms with Gasteiger partial charge in [-0.15, -0.1) is 0 Å². The number of nitrogens with one attached hydrogen (secondary N) is 2. The highest BCUT2D eigenvalue weighted by Crippen LogP contribution is 2.28. The third-order valence-corrected chi connectivity index (χ3v) is 3.44. The Balaban J connectivity index is 2.11. The number of halogens is 1. The van der Waals surface area contributed by atoms with Crippen molar-refractivity contribution in [2.24, 2.45) is 0 Å². The van der Waals surface area contributed by atoms with Crippen LogP contribution in [0, 0.1) is 6.92 Å². The number of rotatable bonds is 3. The number of hydrogen-bond donors (Lipinski definition) is 3. The Morgan fingerprint density at radius 1 is 1.19 bits per heavy atom. The normalized spacial score (nSPS) is 10.0. The molecule has 0 spiro atoms. The van der Waals surface area contributed by atoms with Crippen molar-refractivity contribution in [3.05, 3.63) is 46.4 Å². The van der Waals surface area contributed by atoms with Gasteiger partial charge in [0.15, 0.2) is 0 Å². The molecule has 110 valence electrons. The maximum absolute atomic E-state index is 12.0. The first-order valence-corrected chi connectivity index (χ1v) is 7.06. The van der Waals surface area contributed by atoms with E-state index in [0.29, 0.717) is 22.8 Å². The molecule has 0 heterocycles. The van der Waals surface area contributed by atoms with Crippen LogP contribution in [0.5, 0.6) is 5.75 Å². The zero-order valence-corrected chi connectivity index (χ0v) is 13.3. The van der Waals surface area contributed by atoms with Crippen LogP contribution in [0.1, 0.15) is 5.56 Å². The minimum Gasteiger partial charge on any atom is -0.495 e. The molecule has 6 heteroatoms. The number of nitrogens with two attached hydrogens (primary N) is 1. The fourth-order valence-corrected chi connectivity index (χ4v) is 2.14. The standard InChI is InChI=1S/C15H16BrN3O2/c1-9-3-5-11(8-12(9)17)18-15(20)19-13-7-10(16)4-6-14(13)21-2/h3-8H,17H2,1-2H3,(H2,18,19,20). The topological polar surface area (TPSA) is 76.4 Å². The molecule has 0 saturated carbocycles. The highest BCUT2D eigenvalue weighted by Gasteiger charge is 2.08. The molecule has 0 aromatic heterocycles. The average Bonchev–Trinajstić information content (AvgIpc) is 2.43. The third-order valence-electron chi connectivity index (χ3n) is 2.95. The predicted octanol–water partition coefficient (Wildman–Crippen LogP) is 3.99. The Hall–Kier alpha value is -2.21. The van der Waals surface area contributed by atoms with Gasteiger partial charge in [-0.05, 0) is 42.8 Å². The minimum atomic E-state index is -0.366. The monoisotopic (exact) mass is 349 g/mol. The van der Waals surface area contributed by atoms with Crippen molar-refractivity contribution in [2.45, 2.75) is 6.92 Å². The summed E-state index contributed by atoms with van der Waals surface area (Å²) in [5.74, 6) is 0.580. The molecule has 0 atom stereocenters. The highest BCUT2D eigenvalue weighted by molar-refractivity contribution is 9.10. The van der Waals surface area contributed by atoms with Gasteiger partial charge < -0.3 is 21.1 Å². The zero-order chi connectivity index (χ0) is 15.4. The van der Waals surface area contributed by atoms with E-state index < -0.39 is 0 Å². The van der Waals surface area contributed by atoms with Gasteiger partial charge in [0.2, 0.25) is 0 Å². The zero-order valence-electron chi connectivity index (χ0n) is 11.7. The Morgan fingerprint density at radius 2 is 1.95 bits per heavy atom. The van der Waals surface area contributed by atoms with Gasteiger partial charge in [0.25, 0.3) is 0 Å². The van der Waals surface area contributed by atoms with Gasteiger partial charge in [-0.3, -0.25) is 0 Å². The van der Waals surface area contributed by atoms with Gasteiger partial charge in [0.1, 0.15) is 5.75 Å². The summed E-state index contributed by atoms with van der Waals surface area (Å²) in [5, 5.41) is 5.47. The van der Waals surface area contributed by atoms with Crippen molar-refractivity contribution in [1.82, 2.24) is 0 Å². The molecular formula is C15H16BrN3O2. The quantitative estimate of drug-likeness (QED) is 0.733. The lowest BCUT2D eigenvalue weighted by molar-refractivity contribution is 0.262. The molecule has 2 aromatic rings. The second-order valence-corrected chi connectivity index (χ2v) is 5.41. The SMILES string of the molecule is COc1ccc(Br)cc1NC(=O)Nc1ccc(C)c(N)c1. The van der Waals surface area contributed by atoms with Gasteiger partial charge in [-0.2, -0.15) is 0 Å². The Morgan fingerprint density at radius 3 is 2.62 bits per heavy atom. The average molecular weight is 350 g/mol. The Kier molecular flexibility index (Phi) is 4.70. The first-order chi connectivity index (χ1) is 9.99. The summed E-state index contributed by atoms with van der Waals surface area (Å²) in [5.41, 5.74) is 8.62. The van der Waals surface area contributed by atoms with Crippen LogP contribution in [0.4, 0.5) is 21.9 Å². The summed E-state index contributed by atoms with van der Waals surface area (Å²) in [4.78, 5) is 12.0. The number of nitrogen functional groups attached to an aromatic ring is 1. The van der Waals surface area contributed by atoms with Crippen molar-refractivity contribution < 1.29 is 9.53 Å². The van der Waals surface area contributed by atoms with E-state index in [0.717, 1.165) is 10.0 Å². The molecule has 5 nitrogen and oxygen atoms in total. The van der Waals surface area contributed by atoms with Crippen LogP contribution in [0.3, 0.4) is 0 Å². The van der Waals surface area contributed by atoms with Crippen molar-refractivity contribution >= 4 is 39.0 Å². The molecule has 2 amide bonds. The molecule has 0 aliphatic rings. The number of aryl methyl sites for hydroxylation is 1. The lowest BCUT2D eigenvalue weighted by Gasteiger charge is -2.12. The largest absolute Gasteiger partial charge is 0.495 e. The first kappa shape index (κ1) is 15.2. The predicted molar refractivity (Wildman–Crippen MR) is 88.9 cm³/mol. The number of amides is 2. The van der Waals surface area contributed by atoms with E-state index in [-0.39, 0.29) is 6.03 Å². The smallest absolute Gasteiger partial charge is 0.323 e. The molecule has 2 aromatic carbocycles. The number of carbonyl (C=O) groups is 1. The van der Waals surface area contributed by atoms with Crippen molar-refractivity contribution in [1.29, 1.82) is 0 Å². The molecule has 21 heavy (non-hydrogen) atoms. The molecule has 0 saturated heterocycles. The molecule has 2 rings (SSSR count). The molecule has 0 bridgehead atoms. The van der Waals surface area contributed by atoms with Crippen molar-refractivity contribution in [3.63, 3.8) is 0 Å². The van der Waals surface area contributed by atoms with Gasteiger partial charge in [0, 0.05) is 15.8 Å². The van der Waals surface area contributed by atoms with Crippen LogP contribution in [0.25, 0.3) is 0 Å². The number of benzene rings is 2. The summed E-state index contributed by atoms with van der Waals surface area (Å²) < 4.78 is 6.05. The van der Waals surface area contributed by atoms with Crippen LogP contribution in [-0.4, -0.2) is 13.1 Å². The van der Waals surface area contributed by atoms with Gasteiger partial charge in [0.05, 0.1) is 12.8 Å². The molecule has 4 N–H and O–H groups in total. The lowest BCUT2D eigenvalue weighted by Crippen LogP contribution is -2.20. The van der Waals surface area contributed by atoms with E-state index >= 15 is 0 Å². The lowest BCUT2D eigenvalue weighted by atomic mass is 10.2. The van der Waals surface area contributed by atoms with Crippen molar-refractivity contribution in [3.8, 4) is 5.75 Å². The van der Waals surface area contributed by atoms with E-state index in [1.165, 1.54) is 0 Å². The maximum atomic E-state index is 12.0. The second kappa shape index (κ2) is 6.49. The van der Waals surface area contributed by atoms with Crippen LogP contribution in [0.15, 0.2) is 40.9 Å². The van der Waals surface area contributed by atoms with Crippen LogP contribution < -0.4 is 21.1 Å². The fourth-order valence-electron chi connectivity index (χ4n) is 1.78. The van der Waals surface area contributed by atoms with Gasteiger partial charge in [-0.1, -0.05) is 22.0 Å². The number of methoxy groups -OCH3 is 1. The van der Waals surface area contributed by atoms with E-state index in [1.54, 1.807) is 31.4 Å². The van der Waals surface area contributed by atoms with Gasteiger partial charge in [-0.25, -0.2) is 4.79 Å². The molecular weight excluding hydrogens is 334 g/mol.